The first kappa shape index (κ1) is 12.2. The summed E-state index contributed by atoms with van der Waals surface area (Å²) in [6, 6.07) is 21.0. The molecule has 2 nitrogen and oxygen atoms in total. The minimum atomic E-state index is 0.433. The monoisotopic (exact) mass is 272 g/mol. The van der Waals surface area contributed by atoms with Crippen molar-refractivity contribution < 1.29 is 0 Å². The van der Waals surface area contributed by atoms with Crippen molar-refractivity contribution in [3.05, 3.63) is 83.6 Å². The topological polar surface area (TPSA) is 28.7 Å². The van der Waals surface area contributed by atoms with Crippen LogP contribution in [-0.2, 0) is 6.42 Å². The Balaban J connectivity index is 1.70. The minimum absolute atomic E-state index is 0.433. The second-order valence-corrected chi connectivity index (χ2v) is 5.41. The van der Waals surface area contributed by atoms with Gasteiger partial charge in [0, 0.05) is 29.2 Å². The number of aromatic amines is 1. The molecule has 1 atom stereocenters. The first-order chi connectivity index (χ1) is 10.4. The summed E-state index contributed by atoms with van der Waals surface area (Å²) in [6.45, 7) is 0. The van der Waals surface area contributed by atoms with Gasteiger partial charge in [0.25, 0.3) is 0 Å². The molecule has 0 radical (unpaired) electrons. The number of nitrogens with one attached hydrogen (secondary N) is 1. The van der Waals surface area contributed by atoms with Crippen molar-refractivity contribution in [1.29, 1.82) is 0 Å². The summed E-state index contributed by atoms with van der Waals surface area (Å²) in [7, 11) is 0. The molecule has 0 spiro atoms. The lowest BCUT2D eigenvalue weighted by atomic mass is 9.87. The van der Waals surface area contributed by atoms with E-state index in [0.29, 0.717) is 5.92 Å². The van der Waals surface area contributed by atoms with E-state index in [9.17, 15) is 0 Å². The number of hydrogen-bond acceptors (Lipinski definition) is 1. The van der Waals surface area contributed by atoms with Gasteiger partial charge in [-0.25, -0.2) is 0 Å². The van der Waals surface area contributed by atoms with Gasteiger partial charge in [0.15, 0.2) is 0 Å². The van der Waals surface area contributed by atoms with Crippen LogP contribution in [0.25, 0.3) is 17.3 Å². The molecule has 4 rings (SSSR count). The van der Waals surface area contributed by atoms with E-state index in [1.54, 1.807) is 0 Å². The molecule has 0 amide bonds. The van der Waals surface area contributed by atoms with E-state index in [1.807, 2.05) is 6.07 Å². The molecule has 21 heavy (non-hydrogen) atoms. The smallest absolute Gasteiger partial charge is 0.0995 e. The van der Waals surface area contributed by atoms with Crippen LogP contribution in [0.1, 0.15) is 22.7 Å². The Morgan fingerprint density at radius 3 is 2.38 bits per heavy atom. The number of aromatic nitrogens is 2. The van der Waals surface area contributed by atoms with Gasteiger partial charge in [-0.15, -0.1) is 0 Å². The van der Waals surface area contributed by atoms with Gasteiger partial charge in [0.2, 0.25) is 0 Å². The van der Waals surface area contributed by atoms with E-state index in [-0.39, 0.29) is 0 Å². The number of hydrogen-bond donors (Lipinski definition) is 1. The lowest BCUT2D eigenvalue weighted by Gasteiger charge is -2.17. The number of fused-ring (bicyclic) bond motifs is 1. The Kier molecular flexibility index (Phi) is 2.93. The second kappa shape index (κ2) is 5.06. The molecule has 1 heterocycles. The summed E-state index contributed by atoms with van der Waals surface area (Å²) in [5.41, 5.74) is 6.03. The predicted octanol–water partition coefficient (Wildman–Crippen LogP) is 4.43. The Morgan fingerprint density at radius 1 is 0.905 bits per heavy atom. The normalized spacial score (nSPS) is 16.7. The molecule has 0 bridgehead atoms. The highest BCUT2D eigenvalue weighted by Crippen LogP contribution is 2.33. The lowest BCUT2D eigenvalue weighted by molar-refractivity contribution is 0.794. The Hall–Kier alpha value is -2.61. The van der Waals surface area contributed by atoms with Crippen LogP contribution in [0.5, 0.6) is 0 Å². The van der Waals surface area contributed by atoms with Crippen LogP contribution < -0.4 is 0 Å². The molecule has 102 valence electrons. The van der Waals surface area contributed by atoms with Gasteiger partial charge in [0.1, 0.15) is 0 Å². The van der Waals surface area contributed by atoms with Gasteiger partial charge in [-0.2, -0.15) is 5.10 Å². The number of H-pyrrole nitrogens is 1. The fourth-order valence-corrected chi connectivity index (χ4v) is 2.97. The van der Waals surface area contributed by atoms with Crippen LogP contribution in [0.15, 0.2) is 66.7 Å². The standard InChI is InChI=1S/C19H16N2/c1-3-7-14(8-4-1)16-11-12-17-18(13-16)20-21-19(17)15-9-5-2-6-10-15/h1-12,16H,13H2,(H,20,21). The summed E-state index contributed by atoms with van der Waals surface area (Å²) < 4.78 is 0. The third kappa shape index (κ3) is 2.19. The largest absolute Gasteiger partial charge is 0.281 e. The maximum atomic E-state index is 4.52. The molecule has 1 N–H and O–H groups in total. The molecule has 0 saturated carbocycles. The van der Waals surface area contributed by atoms with Crippen molar-refractivity contribution in [2.24, 2.45) is 0 Å². The van der Waals surface area contributed by atoms with Crippen LogP contribution in [0.3, 0.4) is 0 Å². The van der Waals surface area contributed by atoms with E-state index < -0.39 is 0 Å². The lowest BCUT2D eigenvalue weighted by Crippen LogP contribution is -2.05. The van der Waals surface area contributed by atoms with E-state index in [2.05, 4.69) is 76.9 Å². The Morgan fingerprint density at radius 2 is 1.62 bits per heavy atom. The molecule has 1 unspecified atom stereocenters. The molecule has 0 saturated heterocycles. The maximum absolute atomic E-state index is 4.52. The molecule has 1 aromatic heterocycles. The van der Waals surface area contributed by atoms with Crippen LogP contribution in [0.2, 0.25) is 0 Å². The number of benzene rings is 2. The zero-order valence-electron chi connectivity index (χ0n) is 11.7. The van der Waals surface area contributed by atoms with Crippen LogP contribution >= 0.6 is 0 Å². The summed E-state index contributed by atoms with van der Waals surface area (Å²) in [6.07, 6.45) is 5.48. The molecule has 2 heteroatoms. The van der Waals surface area contributed by atoms with Crippen molar-refractivity contribution >= 4 is 6.08 Å². The first-order valence-electron chi connectivity index (χ1n) is 7.27. The zero-order valence-corrected chi connectivity index (χ0v) is 11.7. The third-order valence-corrected chi connectivity index (χ3v) is 4.08. The maximum Gasteiger partial charge on any atom is 0.0995 e. The quantitative estimate of drug-likeness (QED) is 0.734. The van der Waals surface area contributed by atoms with Crippen molar-refractivity contribution in [1.82, 2.24) is 10.2 Å². The fourth-order valence-electron chi connectivity index (χ4n) is 2.97. The third-order valence-electron chi connectivity index (χ3n) is 4.08. The van der Waals surface area contributed by atoms with E-state index in [0.717, 1.165) is 17.7 Å². The Labute approximate surface area is 124 Å². The predicted molar refractivity (Wildman–Crippen MR) is 85.9 cm³/mol. The molecule has 2 aromatic carbocycles. The van der Waals surface area contributed by atoms with Gasteiger partial charge >= 0.3 is 0 Å². The highest BCUT2D eigenvalue weighted by atomic mass is 15.1. The summed E-state index contributed by atoms with van der Waals surface area (Å²) in [5.74, 6) is 0.433. The van der Waals surface area contributed by atoms with E-state index >= 15 is 0 Å². The van der Waals surface area contributed by atoms with Gasteiger partial charge in [-0.1, -0.05) is 72.8 Å². The SMILES string of the molecule is C1=CC(c2ccccc2)Cc2[nH]nc(-c3ccccc3)c21. The van der Waals surface area contributed by atoms with Crippen LogP contribution in [-0.4, -0.2) is 10.2 Å². The van der Waals surface area contributed by atoms with Gasteiger partial charge in [0.05, 0.1) is 5.69 Å². The van der Waals surface area contributed by atoms with Crippen molar-refractivity contribution in [2.75, 3.05) is 0 Å². The molecule has 1 aliphatic carbocycles. The van der Waals surface area contributed by atoms with E-state index in [4.69, 9.17) is 0 Å². The Bertz CT molecular complexity index is 770. The highest BCUT2D eigenvalue weighted by Gasteiger charge is 2.20. The minimum Gasteiger partial charge on any atom is -0.281 e. The second-order valence-electron chi connectivity index (χ2n) is 5.41. The summed E-state index contributed by atoms with van der Waals surface area (Å²) in [5, 5.41) is 7.74. The molecular weight excluding hydrogens is 256 g/mol. The number of rotatable bonds is 2. The molecule has 1 aliphatic rings. The van der Waals surface area contributed by atoms with Crippen molar-refractivity contribution in [3.63, 3.8) is 0 Å². The molecule has 0 fully saturated rings. The zero-order chi connectivity index (χ0) is 14.1. The summed E-state index contributed by atoms with van der Waals surface area (Å²) >= 11 is 0. The molecular formula is C19H16N2. The van der Waals surface area contributed by atoms with Crippen molar-refractivity contribution in [3.8, 4) is 11.3 Å². The average molecular weight is 272 g/mol. The molecule has 3 aromatic rings. The number of allylic oxidation sites excluding steroid dienone is 1. The van der Waals surface area contributed by atoms with Gasteiger partial charge < -0.3 is 0 Å². The molecule has 0 aliphatic heterocycles. The van der Waals surface area contributed by atoms with Gasteiger partial charge in [-0.3, -0.25) is 5.10 Å². The van der Waals surface area contributed by atoms with E-state index in [1.165, 1.54) is 16.8 Å². The summed E-state index contributed by atoms with van der Waals surface area (Å²) in [4.78, 5) is 0. The fraction of sp³-hybridized carbons (Fsp3) is 0.105. The first-order valence-corrected chi connectivity index (χ1v) is 7.27. The average Bonchev–Trinajstić information content (AvgIpc) is 2.99. The number of nitrogens with zero attached hydrogens (tertiary/aromatic N) is 1. The van der Waals surface area contributed by atoms with Crippen molar-refractivity contribution in [2.45, 2.75) is 12.3 Å². The van der Waals surface area contributed by atoms with Crippen LogP contribution in [0, 0.1) is 0 Å². The highest BCUT2D eigenvalue weighted by molar-refractivity contribution is 5.74. The van der Waals surface area contributed by atoms with Gasteiger partial charge in [-0.05, 0) is 5.56 Å². The van der Waals surface area contributed by atoms with Crippen LogP contribution in [0.4, 0.5) is 0 Å².